The largest absolute Gasteiger partial charge is 0.497 e. The first kappa shape index (κ1) is 10.7. The van der Waals surface area contributed by atoms with Crippen LogP contribution in [0.25, 0.3) is 6.08 Å². The van der Waals surface area contributed by atoms with Gasteiger partial charge < -0.3 is 4.74 Å². The first-order valence-corrected chi connectivity index (χ1v) is 4.57. The topological polar surface area (TPSA) is 52.4 Å². The molecule has 0 aromatic heterocycles. The van der Waals surface area contributed by atoms with Gasteiger partial charge in [-0.2, -0.15) is 0 Å². The van der Waals surface area contributed by atoms with E-state index in [0.717, 1.165) is 10.7 Å². The molecule has 1 rings (SSSR count). The van der Waals surface area contributed by atoms with Gasteiger partial charge in [0.2, 0.25) is 6.20 Å². The summed E-state index contributed by atoms with van der Waals surface area (Å²) >= 11 is 3.28. The van der Waals surface area contributed by atoms with E-state index in [1.165, 1.54) is 6.08 Å². The first-order chi connectivity index (χ1) is 6.61. The van der Waals surface area contributed by atoms with Crippen molar-refractivity contribution in [2.45, 2.75) is 0 Å². The van der Waals surface area contributed by atoms with Crippen LogP contribution in [0, 0.1) is 10.1 Å². The van der Waals surface area contributed by atoms with E-state index in [1.54, 1.807) is 25.3 Å². The van der Waals surface area contributed by atoms with Gasteiger partial charge in [0.15, 0.2) is 0 Å². The predicted octanol–water partition coefficient (Wildman–Crippen LogP) is 2.71. The fourth-order valence-corrected chi connectivity index (χ4v) is 1.44. The Morgan fingerprint density at radius 3 is 2.79 bits per heavy atom. The second-order valence-corrected chi connectivity index (χ2v) is 3.44. The number of hydrogen-bond acceptors (Lipinski definition) is 3. The van der Waals surface area contributed by atoms with E-state index in [9.17, 15) is 10.1 Å². The van der Waals surface area contributed by atoms with Gasteiger partial charge in [-0.15, -0.1) is 0 Å². The highest BCUT2D eigenvalue weighted by atomic mass is 79.9. The lowest BCUT2D eigenvalue weighted by atomic mass is 10.2. The lowest BCUT2D eigenvalue weighted by Gasteiger charge is -2.01. The Labute approximate surface area is 89.5 Å². The third-order valence-corrected chi connectivity index (χ3v) is 1.98. The quantitative estimate of drug-likeness (QED) is 0.618. The average Bonchev–Trinajstić information content (AvgIpc) is 2.14. The first-order valence-electron chi connectivity index (χ1n) is 3.78. The highest BCUT2D eigenvalue weighted by Gasteiger charge is 1.97. The molecular formula is C9H8BrNO3. The standard InChI is InChI=1S/C9H8BrNO3/c1-14-9-5-7(2-3-11(12)13)4-8(10)6-9/h2-6H,1H3. The Balaban J connectivity index is 2.97. The van der Waals surface area contributed by atoms with Crippen LogP contribution in [0.5, 0.6) is 5.75 Å². The van der Waals surface area contributed by atoms with Crippen LogP contribution < -0.4 is 4.74 Å². The van der Waals surface area contributed by atoms with Crippen molar-refractivity contribution in [3.8, 4) is 5.75 Å². The van der Waals surface area contributed by atoms with Gasteiger partial charge >= 0.3 is 0 Å². The number of hydrogen-bond donors (Lipinski definition) is 0. The van der Waals surface area contributed by atoms with E-state index >= 15 is 0 Å². The van der Waals surface area contributed by atoms with Gasteiger partial charge in [-0.25, -0.2) is 0 Å². The maximum atomic E-state index is 10.1. The van der Waals surface area contributed by atoms with Gasteiger partial charge in [-0.05, 0) is 23.8 Å². The number of ether oxygens (including phenoxy) is 1. The molecule has 0 fully saturated rings. The molecule has 0 saturated heterocycles. The number of nitrogens with zero attached hydrogens (tertiary/aromatic N) is 1. The summed E-state index contributed by atoms with van der Waals surface area (Å²) in [6.45, 7) is 0. The Hall–Kier alpha value is -1.36. The summed E-state index contributed by atoms with van der Waals surface area (Å²) in [7, 11) is 1.54. The zero-order valence-electron chi connectivity index (χ0n) is 7.44. The SMILES string of the molecule is COc1cc(Br)cc(C=C[N+](=O)[O-])c1. The number of nitro groups is 1. The monoisotopic (exact) mass is 257 g/mol. The minimum atomic E-state index is -0.507. The average molecular weight is 258 g/mol. The molecule has 0 unspecified atom stereocenters. The molecule has 14 heavy (non-hydrogen) atoms. The van der Waals surface area contributed by atoms with Gasteiger partial charge in [0.05, 0.1) is 12.0 Å². The zero-order valence-corrected chi connectivity index (χ0v) is 9.02. The minimum Gasteiger partial charge on any atom is -0.497 e. The summed E-state index contributed by atoms with van der Waals surface area (Å²) in [5, 5.41) is 10.1. The van der Waals surface area contributed by atoms with Crippen LogP contribution in [0.4, 0.5) is 0 Å². The third kappa shape index (κ3) is 3.18. The van der Waals surface area contributed by atoms with Crippen molar-refractivity contribution < 1.29 is 9.66 Å². The van der Waals surface area contributed by atoms with Crippen LogP contribution in [0.1, 0.15) is 5.56 Å². The molecule has 0 bridgehead atoms. The van der Waals surface area contributed by atoms with Crippen LogP contribution in [0.15, 0.2) is 28.9 Å². The van der Waals surface area contributed by atoms with E-state index in [4.69, 9.17) is 4.74 Å². The molecule has 0 amide bonds. The van der Waals surface area contributed by atoms with E-state index in [-0.39, 0.29) is 0 Å². The van der Waals surface area contributed by atoms with Crippen molar-refractivity contribution in [2.75, 3.05) is 7.11 Å². The lowest BCUT2D eigenvalue weighted by Crippen LogP contribution is -1.85. The van der Waals surface area contributed by atoms with Crippen molar-refractivity contribution in [3.63, 3.8) is 0 Å². The predicted molar refractivity (Wildman–Crippen MR) is 56.7 cm³/mol. The van der Waals surface area contributed by atoms with E-state index < -0.39 is 4.92 Å². The Morgan fingerprint density at radius 1 is 1.50 bits per heavy atom. The molecule has 1 aromatic rings. The molecule has 0 N–H and O–H groups in total. The van der Waals surface area contributed by atoms with Crippen LogP contribution in [0.3, 0.4) is 0 Å². The molecule has 0 aliphatic carbocycles. The Morgan fingerprint density at radius 2 is 2.21 bits per heavy atom. The number of benzene rings is 1. The van der Waals surface area contributed by atoms with Gasteiger partial charge in [0.1, 0.15) is 5.75 Å². The maximum Gasteiger partial charge on any atom is 0.235 e. The Bertz CT molecular complexity index is 376. The van der Waals surface area contributed by atoms with Gasteiger partial charge in [0, 0.05) is 10.5 Å². The Kier molecular flexibility index (Phi) is 3.64. The van der Waals surface area contributed by atoms with Gasteiger partial charge in [-0.3, -0.25) is 10.1 Å². The summed E-state index contributed by atoms with van der Waals surface area (Å²) in [5.74, 6) is 0.655. The fourth-order valence-electron chi connectivity index (χ4n) is 0.945. The minimum absolute atomic E-state index is 0.507. The van der Waals surface area contributed by atoms with Crippen molar-refractivity contribution in [2.24, 2.45) is 0 Å². The zero-order chi connectivity index (χ0) is 10.6. The molecule has 0 heterocycles. The molecule has 0 aliphatic rings. The van der Waals surface area contributed by atoms with Crippen molar-refractivity contribution in [1.29, 1.82) is 0 Å². The highest BCUT2D eigenvalue weighted by molar-refractivity contribution is 9.10. The normalized spacial score (nSPS) is 10.4. The van der Waals surface area contributed by atoms with Crippen LogP contribution in [-0.2, 0) is 0 Å². The van der Waals surface area contributed by atoms with Crippen molar-refractivity contribution in [1.82, 2.24) is 0 Å². The molecule has 1 aromatic carbocycles. The molecular weight excluding hydrogens is 250 g/mol. The van der Waals surface area contributed by atoms with Gasteiger partial charge in [0.25, 0.3) is 0 Å². The van der Waals surface area contributed by atoms with E-state index in [2.05, 4.69) is 15.9 Å². The summed E-state index contributed by atoms with van der Waals surface area (Å²) in [5.41, 5.74) is 0.716. The molecule has 0 aliphatic heterocycles. The maximum absolute atomic E-state index is 10.1. The summed E-state index contributed by atoms with van der Waals surface area (Å²) in [6, 6.07) is 5.26. The molecule has 74 valence electrons. The smallest absolute Gasteiger partial charge is 0.235 e. The molecule has 5 heteroatoms. The highest BCUT2D eigenvalue weighted by Crippen LogP contribution is 2.21. The lowest BCUT2D eigenvalue weighted by molar-refractivity contribution is -0.400. The van der Waals surface area contributed by atoms with Crippen LogP contribution >= 0.6 is 15.9 Å². The van der Waals surface area contributed by atoms with Gasteiger partial charge in [-0.1, -0.05) is 15.9 Å². The summed E-state index contributed by atoms with van der Waals surface area (Å²) in [4.78, 5) is 9.58. The number of rotatable bonds is 3. The number of methoxy groups -OCH3 is 1. The fraction of sp³-hybridized carbons (Fsp3) is 0.111. The van der Waals surface area contributed by atoms with Crippen LogP contribution in [-0.4, -0.2) is 12.0 Å². The molecule has 0 spiro atoms. The van der Waals surface area contributed by atoms with Crippen molar-refractivity contribution >= 4 is 22.0 Å². The summed E-state index contributed by atoms with van der Waals surface area (Å²) < 4.78 is 5.83. The van der Waals surface area contributed by atoms with E-state index in [1.807, 2.05) is 0 Å². The van der Waals surface area contributed by atoms with E-state index in [0.29, 0.717) is 11.3 Å². The second-order valence-electron chi connectivity index (χ2n) is 2.53. The number of halogens is 1. The molecule has 0 radical (unpaired) electrons. The molecule has 0 saturated carbocycles. The molecule has 0 atom stereocenters. The summed E-state index contributed by atoms with van der Waals surface area (Å²) in [6.07, 6.45) is 2.30. The van der Waals surface area contributed by atoms with Crippen molar-refractivity contribution in [3.05, 3.63) is 44.5 Å². The third-order valence-electron chi connectivity index (χ3n) is 1.52. The second kappa shape index (κ2) is 4.76. The molecule has 4 nitrogen and oxygen atoms in total. The van der Waals surface area contributed by atoms with Crippen LogP contribution in [0.2, 0.25) is 0 Å².